The van der Waals surface area contributed by atoms with E-state index in [2.05, 4.69) is 5.32 Å². The SMILES string of the molecule is COc1cc(OC)c(/C=C/SCc2ccc(OC)c(NC(C)(C)C(=O)O)c2)c(OC)c1. The van der Waals surface area contributed by atoms with Crippen molar-refractivity contribution in [2.75, 3.05) is 33.8 Å². The van der Waals surface area contributed by atoms with E-state index < -0.39 is 11.5 Å². The van der Waals surface area contributed by atoms with Crippen LogP contribution < -0.4 is 24.3 Å². The summed E-state index contributed by atoms with van der Waals surface area (Å²) in [5, 5.41) is 14.4. The third-order valence-corrected chi connectivity index (χ3v) is 5.41. The van der Waals surface area contributed by atoms with Crippen LogP contribution in [0, 0.1) is 0 Å². The Balaban J connectivity index is 2.16. The number of carboxylic acids is 1. The number of rotatable bonds is 11. The highest BCUT2D eigenvalue weighted by Gasteiger charge is 2.27. The van der Waals surface area contributed by atoms with E-state index in [1.165, 1.54) is 0 Å². The van der Waals surface area contributed by atoms with Crippen LogP contribution in [0.5, 0.6) is 23.0 Å². The summed E-state index contributed by atoms with van der Waals surface area (Å²) in [5.41, 5.74) is 1.35. The molecule has 2 N–H and O–H groups in total. The number of ether oxygens (including phenoxy) is 4. The van der Waals surface area contributed by atoms with Crippen LogP contribution in [0.3, 0.4) is 0 Å². The number of carbonyl (C=O) groups is 1. The number of nitrogens with one attached hydrogen (secondary N) is 1. The summed E-state index contributed by atoms with van der Waals surface area (Å²) in [6.45, 7) is 3.21. The summed E-state index contributed by atoms with van der Waals surface area (Å²) < 4.78 is 21.6. The minimum atomic E-state index is -1.12. The number of benzene rings is 2. The van der Waals surface area contributed by atoms with Crippen LogP contribution in [0.1, 0.15) is 25.0 Å². The van der Waals surface area contributed by atoms with Crippen molar-refractivity contribution < 1.29 is 28.8 Å². The van der Waals surface area contributed by atoms with Crippen LogP contribution in [0.15, 0.2) is 35.7 Å². The average Bonchev–Trinajstić information content (AvgIpc) is 2.76. The standard InChI is InChI=1S/C23H29NO6S/c1-23(2,22(25)26)24-18-11-15(7-8-19(18)28-4)14-31-10-9-17-20(29-5)12-16(27-3)13-21(17)30-6/h7-13,24H,14H2,1-6H3,(H,25,26)/b10-9+. The molecular formula is C23H29NO6S. The summed E-state index contributed by atoms with van der Waals surface area (Å²) in [7, 11) is 6.35. The fourth-order valence-electron chi connectivity index (χ4n) is 2.79. The minimum Gasteiger partial charge on any atom is -0.496 e. The molecule has 2 rings (SSSR count). The molecule has 0 bridgehead atoms. The lowest BCUT2D eigenvalue weighted by atomic mass is 10.0. The highest BCUT2D eigenvalue weighted by atomic mass is 32.2. The second-order valence-electron chi connectivity index (χ2n) is 7.15. The minimum absolute atomic E-state index is 0.589. The quantitative estimate of drug-likeness (QED) is 0.503. The van der Waals surface area contributed by atoms with E-state index in [1.807, 2.05) is 29.7 Å². The zero-order valence-electron chi connectivity index (χ0n) is 18.6. The number of carboxylic acid groups (broad SMARTS) is 1. The van der Waals surface area contributed by atoms with Gasteiger partial charge in [0.05, 0.1) is 39.7 Å². The summed E-state index contributed by atoms with van der Waals surface area (Å²) in [4.78, 5) is 11.5. The van der Waals surface area contributed by atoms with E-state index in [9.17, 15) is 9.90 Å². The third-order valence-electron chi connectivity index (χ3n) is 4.58. The van der Waals surface area contributed by atoms with Crippen molar-refractivity contribution in [3.05, 3.63) is 46.9 Å². The lowest BCUT2D eigenvalue weighted by Crippen LogP contribution is -2.40. The molecule has 0 aliphatic rings. The fraction of sp³-hybridized carbons (Fsp3) is 0.348. The van der Waals surface area contributed by atoms with E-state index >= 15 is 0 Å². The first-order valence-corrected chi connectivity index (χ1v) is 10.6. The van der Waals surface area contributed by atoms with Gasteiger partial charge >= 0.3 is 5.97 Å². The van der Waals surface area contributed by atoms with Gasteiger partial charge in [-0.15, -0.1) is 11.8 Å². The Morgan fingerprint density at radius 3 is 2.13 bits per heavy atom. The molecule has 2 aromatic rings. The molecule has 0 aliphatic heterocycles. The second kappa shape index (κ2) is 10.9. The first-order chi connectivity index (χ1) is 14.7. The molecule has 0 aromatic heterocycles. The van der Waals surface area contributed by atoms with Gasteiger partial charge in [0.2, 0.25) is 0 Å². The molecule has 0 aliphatic carbocycles. The Morgan fingerprint density at radius 2 is 1.61 bits per heavy atom. The maximum Gasteiger partial charge on any atom is 0.328 e. The smallest absolute Gasteiger partial charge is 0.328 e. The number of thioether (sulfide) groups is 1. The Morgan fingerprint density at radius 1 is 1.00 bits per heavy atom. The van der Waals surface area contributed by atoms with Crippen molar-refractivity contribution in [1.29, 1.82) is 0 Å². The van der Waals surface area contributed by atoms with Crippen molar-refractivity contribution in [3.8, 4) is 23.0 Å². The van der Waals surface area contributed by atoms with Crippen LogP contribution in [-0.2, 0) is 10.5 Å². The van der Waals surface area contributed by atoms with Gasteiger partial charge in [-0.1, -0.05) is 6.07 Å². The van der Waals surface area contributed by atoms with E-state index in [1.54, 1.807) is 66.2 Å². The normalized spacial score (nSPS) is 11.3. The van der Waals surface area contributed by atoms with Crippen LogP contribution in [0.2, 0.25) is 0 Å². The maximum absolute atomic E-state index is 11.5. The lowest BCUT2D eigenvalue weighted by Gasteiger charge is -2.24. The molecule has 0 fully saturated rings. The van der Waals surface area contributed by atoms with Crippen molar-refractivity contribution >= 4 is 29.5 Å². The predicted molar refractivity (Wildman–Crippen MR) is 125 cm³/mol. The van der Waals surface area contributed by atoms with Crippen LogP contribution >= 0.6 is 11.8 Å². The molecule has 7 nitrogen and oxygen atoms in total. The van der Waals surface area contributed by atoms with Crippen molar-refractivity contribution in [2.24, 2.45) is 0 Å². The number of hydrogen-bond donors (Lipinski definition) is 2. The molecule has 0 heterocycles. The van der Waals surface area contributed by atoms with Gasteiger partial charge in [-0.25, -0.2) is 4.79 Å². The zero-order chi connectivity index (χ0) is 23.0. The lowest BCUT2D eigenvalue weighted by molar-refractivity contribution is -0.141. The Kier molecular flexibility index (Phi) is 8.50. The van der Waals surface area contributed by atoms with Gasteiger partial charge in [0.15, 0.2) is 0 Å². The number of anilines is 1. The fourth-order valence-corrected chi connectivity index (χ4v) is 3.49. The zero-order valence-corrected chi connectivity index (χ0v) is 19.5. The second-order valence-corrected chi connectivity index (χ2v) is 8.04. The monoisotopic (exact) mass is 447 g/mol. The molecule has 0 saturated heterocycles. The number of hydrogen-bond acceptors (Lipinski definition) is 7. The number of methoxy groups -OCH3 is 4. The topological polar surface area (TPSA) is 86.2 Å². The maximum atomic E-state index is 11.5. The van der Waals surface area contributed by atoms with Gasteiger partial charge in [0.25, 0.3) is 0 Å². The largest absolute Gasteiger partial charge is 0.496 e. The molecule has 0 unspecified atom stereocenters. The van der Waals surface area contributed by atoms with Crippen molar-refractivity contribution in [2.45, 2.75) is 25.1 Å². The summed E-state index contributed by atoms with van der Waals surface area (Å²) in [6, 6.07) is 9.29. The van der Waals surface area contributed by atoms with E-state index in [0.717, 1.165) is 11.1 Å². The number of aliphatic carboxylic acids is 1. The first-order valence-electron chi connectivity index (χ1n) is 9.52. The molecule has 0 spiro atoms. The molecule has 168 valence electrons. The van der Waals surface area contributed by atoms with E-state index in [-0.39, 0.29) is 0 Å². The summed E-state index contributed by atoms with van der Waals surface area (Å²) in [5.74, 6) is 2.29. The molecule has 8 heteroatoms. The summed E-state index contributed by atoms with van der Waals surface area (Å²) >= 11 is 1.59. The van der Waals surface area contributed by atoms with Gasteiger partial charge in [-0.3, -0.25) is 0 Å². The summed E-state index contributed by atoms with van der Waals surface area (Å²) in [6.07, 6.45) is 1.93. The van der Waals surface area contributed by atoms with Gasteiger partial charge in [0.1, 0.15) is 28.5 Å². The Bertz CT molecular complexity index is 917. The van der Waals surface area contributed by atoms with E-state index in [4.69, 9.17) is 18.9 Å². The first kappa shape index (κ1) is 24.3. The van der Waals surface area contributed by atoms with Gasteiger partial charge in [-0.2, -0.15) is 0 Å². The average molecular weight is 448 g/mol. The van der Waals surface area contributed by atoms with E-state index in [0.29, 0.717) is 34.4 Å². The molecule has 0 atom stereocenters. The van der Waals surface area contributed by atoms with Gasteiger partial charge in [-0.05, 0) is 43.0 Å². The Labute approximate surface area is 187 Å². The predicted octanol–water partition coefficient (Wildman–Crippen LogP) is 4.90. The highest BCUT2D eigenvalue weighted by molar-refractivity contribution is 8.01. The van der Waals surface area contributed by atoms with Gasteiger partial charge in [0, 0.05) is 17.9 Å². The molecule has 0 amide bonds. The molecule has 31 heavy (non-hydrogen) atoms. The van der Waals surface area contributed by atoms with Crippen LogP contribution in [-0.4, -0.2) is 45.1 Å². The van der Waals surface area contributed by atoms with Crippen LogP contribution in [0.4, 0.5) is 5.69 Å². The third kappa shape index (κ3) is 6.24. The highest BCUT2D eigenvalue weighted by Crippen LogP contribution is 2.36. The molecule has 0 saturated carbocycles. The van der Waals surface area contributed by atoms with Crippen LogP contribution in [0.25, 0.3) is 6.08 Å². The molecule has 0 radical (unpaired) electrons. The Hall–Kier alpha value is -3.00. The molecule has 2 aromatic carbocycles. The van der Waals surface area contributed by atoms with Crippen molar-refractivity contribution in [3.63, 3.8) is 0 Å². The molecular weight excluding hydrogens is 418 g/mol. The van der Waals surface area contributed by atoms with Gasteiger partial charge < -0.3 is 29.4 Å². The van der Waals surface area contributed by atoms with Crippen molar-refractivity contribution in [1.82, 2.24) is 0 Å².